The zero-order valence-electron chi connectivity index (χ0n) is 11.9. The minimum Gasteiger partial charge on any atom is -0.374 e. The third-order valence-electron chi connectivity index (χ3n) is 3.78. The fraction of sp³-hybridized carbons (Fsp3) is 0.250. The van der Waals surface area contributed by atoms with Gasteiger partial charge in [0.15, 0.2) is 0 Å². The summed E-state index contributed by atoms with van der Waals surface area (Å²) in [7, 11) is 2.03. The molecule has 0 radical (unpaired) electrons. The van der Waals surface area contributed by atoms with Gasteiger partial charge in [0.1, 0.15) is 6.04 Å². The minimum absolute atomic E-state index is 0.140. The van der Waals surface area contributed by atoms with Crippen LogP contribution in [-0.4, -0.2) is 24.5 Å². The van der Waals surface area contributed by atoms with Crippen LogP contribution in [0.15, 0.2) is 42.6 Å². The van der Waals surface area contributed by atoms with Gasteiger partial charge < -0.3 is 16.0 Å². The van der Waals surface area contributed by atoms with E-state index in [0.717, 1.165) is 35.6 Å². The molecule has 0 saturated heterocycles. The van der Waals surface area contributed by atoms with E-state index in [4.69, 9.17) is 5.73 Å². The summed E-state index contributed by atoms with van der Waals surface area (Å²) in [4.78, 5) is 18.0. The van der Waals surface area contributed by atoms with Gasteiger partial charge in [-0.3, -0.25) is 9.78 Å². The molecule has 1 atom stereocenters. The number of aromatic nitrogens is 1. The number of pyridine rings is 1. The molecule has 1 unspecified atom stereocenters. The quantitative estimate of drug-likeness (QED) is 0.895. The molecule has 0 saturated carbocycles. The van der Waals surface area contributed by atoms with Crippen molar-refractivity contribution in [2.24, 2.45) is 5.73 Å². The van der Waals surface area contributed by atoms with Gasteiger partial charge in [-0.2, -0.15) is 0 Å². The van der Waals surface area contributed by atoms with Gasteiger partial charge in [-0.1, -0.05) is 12.1 Å². The molecule has 1 amide bonds. The second-order valence-electron chi connectivity index (χ2n) is 5.23. The van der Waals surface area contributed by atoms with Crippen molar-refractivity contribution in [3.63, 3.8) is 0 Å². The lowest BCUT2D eigenvalue weighted by atomic mass is 10.1. The summed E-state index contributed by atoms with van der Waals surface area (Å²) in [6.45, 7) is 0.857. The Kier molecular flexibility index (Phi) is 3.58. The lowest BCUT2D eigenvalue weighted by Crippen LogP contribution is -2.20. The molecule has 1 aromatic carbocycles. The standard InChI is InChI=1S/C16H18N4O/c1-20(9-7-11-4-2-3-8-18-11)12-5-6-13-14(10-12)19-16(21)15(13)17/h2-6,8,10,15H,7,9,17H2,1H3,(H,19,21). The molecule has 0 spiro atoms. The maximum absolute atomic E-state index is 11.6. The summed E-state index contributed by atoms with van der Waals surface area (Å²) in [6, 6.07) is 11.3. The van der Waals surface area contributed by atoms with Crippen LogP contribution in [0.3, 0.4) is 0 Å². The Balaban J connectivity index is 1.70. The Hall–Kier alpha value is -2.40. The second kappa shape index (κ2) is 5.54. The Morgan fingerprint density at radius 3 is 2.95 bits per heavy atom. The molecule has 0 fully saturated rings. The van der Waals surface area contributed by atoms with E-state index in [1.807, 2.05) is 49.6 Å². The molecule has 0 aliphatic carbocycles. The molecular weight excluding hydrogens is 264 g/mol. The number of carbonyl (C=O) groups is 1. The van der Waals surface area contributed by atoms with Crippen molar-refractivity contribution in [2.45, 2.75) is 12.5 Å². The van der Waals surface area contributed by atoms with Gasteiger partial charge in [-0.15, -0.1) is 0 Å². The van der Waals surface area contributed by atoms with Gasteiger partial charge in [-0.05, 0) is 24.3 Å². The summed E-state index contributed by atoms with van der Waals surface area (Å²) in [5.74, 6) is -0.140. The van der Waals surface area contributed by atoms with Crippen LogP contribution in [0.2, 0.25) is 0 Å². The largest absolute Gasteiger partial charge is 0.374 e. The van der Waals surface area contributed by atoms with Crippen LogP contribution < -0.4 is 16.0 Å². The fourth-order valence-electron chi connectivity index (χ4n) is 2.47. The number of carbonyl (C=O) groups excluding carboxylic acids is 1. The number of nitrogens with two attached hydrogens (primary N) is 1. The Morgan fingerprint density at radius 1 is 1.33 bits per heavy atom. The van der Waals surface area contributed by atoms with Crippen molar-refractivity contribution >= 4 is 17.3 Å². The number of amides is 1. The monoisotopic (exact) mass is 282 g/mol. The van der Waals surface area contributed by atoms with Crippen molar-refractivity contribution in [3.05, 3.63) is 53.9 Å². The predicted molar refractivity (Wildman–Crippen MR) is 83.2 cm³/mol. The number of anilines is 2. The molecule has 3 N–H and O–H groups in total. The van der Waals surface area contributed by atoms with Crippen molar-refractivity contribution in [1.82, 2.24) is 4.98 Å². The molecule has 1 aliphatic rings. The highest BCUT2D eigenvalue weighted by atomic mass is 16.2. The molecule has 1 aromatic heterocycles. The van der Waals surface area contributed by atoms with Crippen molar-refractivity contribution in [3.8, 4) is 0 Å². The van der Waals surface area contributed by atoms with Gasteiger partial charge in [-0.25, -0.2) is 0 Å². The lowest BCUT2D eigenvalue weighted by molar-refractivity contribution is -0.116. The van der Waals surface area contributed by atoms with Crippen molar-refractivity contribution in [2.75, 3.05) is 23.8 Å². The highest BCUT2D eigenvalue weighted by Crippen LogP contribution is 2.32. The Morgan fingerprint density at radius 2 is 2.19 bits per heavy atom. The number of hydrogen-bond acceptors (Lipinski definition) is 4. The zero-order chi connectivity index (χ0) is 14.8. The van der Waals surface area contributed by atoms with Crippen LogP contribution in [0, 0.1) is 0 Å². The van der Waals surface area contributed by atoms with E-state index in [0.29, 0.717) is 0 Å². The minimum atomic E-state index is -0.548. The van der Waals surface area contributed by atoms with E-state index in [9.17, 15) is 4.79 Å². The van der Waals surface area contributed by atoms with Crippen molar-refractivity contribution < 1.29 is 4.79 Å². The zero-order valence-corrected chi connectivity index (χ0v) is 11.9. The number of nitrogens with one attached hydrogen (secondary N) is 1. The molecular formula is C16H18N4O. The topological polar surface area (TPSA) is 71.2 Å². The normalized spacial score (nSPS) is 16.5. The molecule has 1 aliphatic heterocycles. The molecule has 3 rings (SSSR count). The molecule has 0 bridgehead atoms. The first-order valence-corrected chi connectivity index (χ1v) is 6.96. The van der Waals surface area contributed by atoms with Gasteiger partial charge in [0.05, 0.1) is 0 Å². The van der Waals surface area contributed by atoms with E-state index in [1.165, 1.54) is 0 Å². The van der Waals surface area contributed by atoms with Crippen LogP contribution in [-0.2, 0) is 11.2 Å². The van der Waals surface area contributed by atoms with E-state index in [-0.39, 0.29) is 5.91 Å². The Bertz CT molecular complexity index is 657. The average Bonchev–Trinajstić information content (AvgIpc) is 2.80. The van der Waals surface area contributed by atoms with Crippen LogP contribution in [0.1, 0.15) is 17.3 Å². The van der Waals surface area contributed by atoms with E-state index in [2.05, 4.69) is 15.2 Å². The third-order valence-corrected chi connectivity index (χ3v) is 3.78. The molecule has 21 heavy (non-hydrogen) atoms. The summed E-state index contributed by atoms with van der Waals surface area (Å²) in [5, 5.41) is 2.81. The van der Waals surface area contributed by atoms with Gasteiger partial charge in [0.2, 0.25) is 5.91 Å². The lowest BCUT2D eigenvalue weighted by Gasteiger charge is -2.20. The summed E-state index contributed by atoms with van der Waals surface area (Å²) >= 11 is 0. The van der Waals surface area contributed by atoms with Gasteiger partial charge >= 0.3 is 0 Å². The highest BCUT2D eigenvalue weighted by molar-refractivity contribution is 6.02. The van der Waals surface area contributed by atoms with E-state index < -0.39 is 6.04 Å². The maximum Gasteiger partial charge on any atom is 0.245 e. The first-order chi connectivity index (χ1) is 10.1. The van der Waals surface area contributed by atoms with Crippen LogP contribution in [0.4, 0.5) is 11.4 Å². The number of likely N-dealkylation sites (N-methyl/N-ethyl adjacent to an activating group) is 1. The second-order valence-corrected chi connectivity index (χ2v) is 5.23. The van der Waals surface area contributed by atoms with Crippen LogP contribution in [0.25, 0.3) is 0 Å². The summed E-state index contributed by atoms with van der Waals surface area (Å²) in [6.07, 6.45) is 2.68. The first-order valence-electron chi connectivity index (χ1n) is 6.96. The van der Waals surface area contributed by atoms with Gasteiger partial charge in [0.25, 0.3) is 0 Å². The van der Waals surface area contributed by atoms with E-state index >= 15 is 0 Å². The molecule has 2 heterocycles. The average molecular weight is 282 g/mol. The molecule has 108 valence electrons. The summed E-state index contributed by atoms with van der Waals surface area (Å²) in [5.41, 5.74) is 9.62. The number of rotatable bonds is 4. The number of hydrogen-bond donors (Lipinski definition) is 2. The third kappa shape index (κ3) is 2.73. The van der Waals surface area contributed by atoms with Crippen LogP contribution in [0.5, 0.6) is 0 Å². The SMILES string of the molecule is CN(CCc1ccccn1)c1ccc2c(c1)NC(=O)C2N. The molecule has 5 heteroatoms. The molecule has 2 aromatic rings. The smallest absolute Gasteiger partial charge is 0.245 e. The number of fused-ring (bicyclic) bond motifs is 1. The Labute approximate surface area is 123 Å². The number of nitrogens with zero attached hydrogens (tertiary/aromatic N) is 2. The van der Waals surface area contributed by atoms with Crippen molar-refractivity contribution in [1.29, 1.82) is 0 Å². The molecule has 5 nitrogen and oxygen atoms in total. The highest BCUT2D eigenvalue weighted by Gasteiger charge is 2.27. The van der Waals surface area contributed by atoms with E-state index in [1.54, 1.807) is 0 Å². The van der Waals surface area contributed by atoms with Crippen LogP contribution >= 0.6 is 0 Å². The maximum atomic E-state index is 11.6. The first kappa shape index (κ1) is 13.6. The fourth-order valence-corrected chi connectivity index (χ4v) is 2.47. The number of benzene rings is 1. The summed E-state index contributed by atoms with van der Waals surface area (Å²) < 4.78 is 0. The predicted octanol–water partition coefficient (Wildman–Crippen LogP) is 1.71. The van der Waals surface area contributed by atoms with Gasteiger partial charge in [0, 0.05) is 48.8 Å².